The molecule has 3 aromatic rings. The third-order valence-corrected chi connectivity index (χ3v) is 6.13. The lowest BCUT2D eigenvalue weighted by molar-refractivity contribution is -0.120. The SMILES string of the molecule is CCc1ccc(NC2=C(Sc3ccc(Cl)cc3)C(=O)N(c3ccc(F)cc3)C2=O)cc1. The molecule has 3 aromatic carbocycles. The molecule has 4 rings (SSSR count). The highest BCUT2D eigenvalue weighted by Gasteiger charge is 2.40. The Labute approximate surface area is 188 Å². The normalized spacial score (nSPS) is 13.8. The van der Waals surface area contributed by atoms with Gasteiger partial charge in [-0.15, -0.1) is 0 Å². The number of anilines is 2. The lowest BCUT2D eigenvalue weighted by atomic mass is 10.1. The van der Waals surface area contributed by atoms with Crippen LogP contribution in [0, 0.1) is 5.82 Å². The molecule has 0 unspecified atom stereocenters. The average molecular weight is 453 g/mol. The molecule has 1 N–H and O–H groups in total. The van der Waals surface area contributed by atoms with E-state index in [0.717, 1.165) is 21.8 Å². The van der Waals surface area contributed by atoms with E-state index in [2.05, 4.69) is 12.2 Å². The fourth-order valence-corrected chi connectivity index (χ4v) is 4.18. The molecule has 1 aliphatic rings. The summed E-state index contributed by atoms with van der Waals surface area (Å²) in [7, 11) is 0. The van der Waals surface area contributed by atoms with Crippen molar-refractivity contribution in [3.8, 4) is 0 Å². The van der Waals surface area contributed by atoms with E-state index < -0.39 is 17.6 Å². The van der Waals surface area contributed by atoms with Crippen LogP contribution in [0.25, 0.3) is 0 Å². The minimum atomic E-state index is -0.493. The van der Waals surface area contributed by atoms with E-state index in [-0.39, 0.29) is 10.6 Å². The van der Waals surface area contributed by atoms with Crippen LogP contribution >= 0.6 is 23.4 Å². The fourth-order valence-electron chi connectivity index (χ4n) is 3.13. The van der Waals surface area contributed by atoms with Gasteiger partial charge in [-0.1, -0.05) is 42.4 Å². The summed E-state index contributed by atoms with van der Waals surface area (Å²) in [5, 5.41) is 3.69. The minimum absolute atomic E-state index is 0.179. The molecule has 0 aliphatic carbocycles. The summed E-state index contributed by atoms with van der Waals surface area (Å²) in [5.41, 5.74) is 2.35. The van der Waals surface area contributed by atoms with Crippen molar-refractivity contribution in [2.24, 2.45) is 0 Å². The molecular formula is C24H18ClFN2O2S. The maximum Gasteiger partial charge on any atom is 0.283 e. The van der Waals surface area contributed by atoms with Gasteiger partial charge >= 0.3 is 0 Å². The number of rotatable bonds is 6. The van der Waals surface area contributed by atoms with Crippen molar-refractivity contribution >= 4 is 46.6 Å². The summed E-state index contributed by atoms with van der Waals surface area (Å²) >= 11 is 7.14. The lowest BCUT2D eigenvalue weighted by Crippen LogP contribution is -2.32. The molecule has 4 nitrogen and oxygen atoms in total. The van der Waals surface area contributed by atoms with E-state index in [1.807, 2.05) is 24.3 Å². The van der Waals surface area contributed by atoms with E-state index in [1.54, 1.807) is 24.3 Å². The molecule has 0 bridgehead atoms. The zero-order valence-electron chi connectivity index (χ0n) is 16.6. The Kier molecular flexibility index (Phi) is 6.11. The second-order valence-corrected chi connectivity index (χ2v) is 8.38. The van der Waals surface area contributed by atoms with E-state index >= 15 is 0 Å². The number of benzene rings is 3. The van der Waals surface area contributed by atoms with Crippen LogP contribution in [-0.2, 0) is 16.0 Å². The van der Waals surface area contributed by atoms with Gasteiger partial charge in [-0.25, -0.2) is 9.29 Å². The topological polar surface area (TPSA) is 49.4 Å². The van der Waals surface area contributed by atoms with Gasteiger partial charge in [0.1, 0.15) is 16.4 Å². The average Bonchev–Trinajstić information content (AvgIpc) is 3.00. The number of carbonyl (C=O) groups excluding carboxylic acids is 2. The molecule has 1 aliphatic heterocycles. The summed E-state index contributed by atoms with van der Waals surface area (Å²) in [6.45, 7) is 2.06. The van der Waals surface area contributed by atoms with Crippen LogP contribution in [0.4, 0.5) is 15.8 Å². The number of imide groups is 1. The van der Waals surface area contributed by atoms with Crippen LogP contribution < -0.4 is 10.2 Å². The highest BCUT2D eigenvalue weighted by molar-refractivity contribution is 8.04. The number of carbonyl (C=O) groups is 2. The van der Waals surface area contributed by atoms with Crippen molar-refractivity contribution in [3.63, 3.8) is 0 Å². The number of aryl methyl sites for hydroxylation is 1. The summed E-state index contributed by atoms with van der Waals surface area (Å²) in [5.74, 6) is -1.40. The first-order valence-corrected chi connectivity index (χ1v) is 10.8. The summed E-state index contributed by atoms with van der Waals surface area (Å²) in [4.78, 5) is 28.6. The zero-order valence-corrected chi connectivity index (χ0v) is 18.1. The molecular weight excluding hydrogens is 435 g/mol. The van der Waals surface area contributed by atoms with Crippen LogP contribution in [0.3, 0.4) is 0 Å². The van der Waals surface area contributed by atoms with E-state index in [9.17, 15) is 14.0 Å². The maximum atomic E-state index is 13.4. The van der Waals surface area contributed by atoms with Gasteiger partial charge in [0.2, 0.25) is 0 Å². The molecule has 0 saturated carbocycles. The Morgan fingerprint density at radius 1 is 0.903 bits per heavy atom. The quantitative estimate of drug-likeness (QED) is 0.464. The molecule has 0 saturated heterocycles. The second-order valence-electron chi connectivity index (χ2n) is 6.86. The Hall–Kier alpha value is -3.09. The van der Waals surface area contributed by atoms with Crippen molar-refractivity contribution in [2.45, 2.75) is 18.2 Å². The van der Waals surface area contributed by atoms with Crippen molar-refractivity contribution in [1.82, 2.24) is 0 Å². The molecule has 156 valence electrons. The van der Waals surface area contributed by atoms with Gasteiger partial charge in [0.05, 0.1) is 5.69 Å². The number of hydrogen-bond acceptors (Lipinski definition) is 4. The monoisotopic (exact) mass is 452 g/mol. The van der Waals surface area contributed by atoms with Crippen molar-refractivity contribution in [1.29, 1.82) is 0 Å². The molecule has 7 heteroatoms. The van der Waals surface area contributed by atoms with Gasteiger partial charge in [-0.05, 0) is 72.6 Å². The van der Waals surface area contributed by atoms with Gasteiger partial charge in [-0.2, -0.15) is 0 Å². The molecule has 1 heterocycles. The molecule has 0 spiro atoms. The van der Waals surface area contributed by atoms with Gasteiger partial charge < -0.3 is 5.32 Å². The zero-order chi connectivity index (χ0) is 22.0. The predicted molar refractivity (Wildman–Crippen MR) is 123 cm³/mol. The first kappa shape index (κ1) is 21.2. The minimum Gasteiger partial charge on any atom is -0.350 e. The first-order chi connectivity index (χ1) is 15.0. The highest BCUT2D eigenvalue weighted by atomic mass is 35.5. The summed E-state index contributed by atoms with van der Waals surface area (Å²) in [6.07, 6.45) is 0.899. The van der Waals surface area contributed by atoms with E-state index in [0.29, 0.717) is 16.4 Å². The Bertz CT molecular complexity index is 1160. The van der Waals surface area contributed by atoms with Crippen LogP contribution in [0.5, 0.6) is 0 Å². The number of nitrogens with one attached hydrogen (secondary N) is 1. The molecule has 0 aromatic heterocycles. The van der Waals surface area contributed by atoms with Crippen molar-refractivity contribution < 1.29 is 14.0 Å². The van der Waals surface area contributed by atoms with Gasteiger partial charge in [0.15, 0.2) is 0 Å². The van der Waals surface area contributed by atoms with Gasteiger partial charge in [-0.3, -0.25) is 9.59 Å². The number of amides is 2. The highest BCUT2D eigenvalue weighted by Crippen LogP contribution is 2.38. The molecule has 0 fully saturated rings. The van der Waals surface area contributed by atoms with E-state index in [1.165, 1.54) is 36.0 Å². The molecule has 0 radical (unpaired) electrons. The predicted octanol–water partition coefficient (Wildman–Crippen LogP) is 6.03. The van der Waals surface area contributed by atoms with Crippen molar-refractivity contribution in [3.05, 3.63) is 99.8 Å². The van der Waals surface area contributed by atoms with Crippen LogP contribution in [-0.4, -0.2) is 11.8 Å². The number of thioether (sulfide) groups is 1. The maximum absolute atomic E-state index is 13.4. The summed E-state index contributed by atoms with van der Waals surface area (Å²) < 4.78 is 13.4. The fraction of sp³-hybridized carbons (Fsp3) is 0.0833. The van der Waals surface area contributed by atoms with Crippen LogP contribution in [0.15, 0.2) is 88.3 Å². The second kappa shape index (κ2) is 8.96. The van der Waals surface area contributed by atoms with Gasteiger partial charge in [0.25, 0.3) is 11.8 Å². The van der Waals surface area contributed by atoms with Gasteiger partial charge in [0, 0.05) is 15.6 Å². The van der Waals surface area contributed by atoms with Crippen LogP contribution in [0.2, 0.25) is 5.02 Å². The smallest absolute Gasteiger partial charge is 0.283 e. The number of halogens is 2. The lowest BCUT2D eigenvalue weighted by Gasteiger charge is -2.15. The standard InChI is InChI=1S/C24H18ClFN2O2S/c1-2-15-3-9-18(10-4-15)27-21-22(31-20-13-5-16(25)6-14-20)24(30)28(23(21)29)19-11-7-17(26)8-12-19/h3-14,27H,2H2,1H3. The molecule has 2 amide bonds. The van der Waals surface area contributed by atoms with Crippen LogP contribution in [0.1, 0.15) is 12.5 Å². The number of hydrogen-bond donors (Lipinski definition) is 1. The third-order valence-electron chi connectivity index (χ3n) is 4.79. The van der Waals surface area contributed by atoms with Crippen molar-refractivity contribution in [2.75, 3.05) is 10.2 Å². The largest absolute Gasteiger partial charge is 0.350 e. The number of nitrogens with zero attached hydrogens (tertiary/aromatic N) is 1. The van der Waals surface area contributed by atoms with E-state index in [4.69, 9.17) is 11.6 Å². The Balaban J connectivity index is 1.71. The summed E-state index contributed by atoms with van der Waals surface area (Å²) in [6, 6.07) is 19.9. The molecule has 0 atom stereocenters. The third kappa shape index (κ3) is 4.50. The Morgan fingerprint density at radius 2 is 1.55 bits per heavy atom. The Morgan fingerprint density at radius 3 is 2.16 bits per heavy atom. The first-order valence-electron chi connectivity index (χ1n) is 9.64. The molecule has 31 heavy (non-hydrogen) atoms.